The maximum absolute atomic E-state index is 8.49. The fourth-order valence-corrected chi connectivity index (χ4v) is 4.37. The van der Waals surface area contributed by atoms with Gasteiger partial charge in [0.25, 0.3) is 0 Å². The Morgan fingerprint density at radius 3 is 2.00 bits per heavy atom. The third kappa shape index (κ3) is 4.87. The number of hydrogen-bond donors (Lipinski definition) is 0. The van der Waals surface area contributed by atoms with Crippen LogP contribution in [0.2, 0.25) is 0 Å². The maximum atomic E-state index is 8.49. The van der Waals surface area contributed by atoms with E-state index in [1.54, 1.807) is 0 Å². The smallest absolute Gasteiger partial charge is 0.112 e. The van der Waals surface area contributed by atoms with Crippen LogP contribution in [-0.4, -0.2) is 14.5 Å². The standard InChI is InChI=1S/C16H13Se.ClHO4/c1-12-14-9-5-6-10-16(14)17-11-15(12)13-7-3-2-4-8-13;2-1(3,4)5/h2-11H,1H3;(H,2,3,4,5)/q+1;/p-1. The van der Waals surface area contributed by atoms with E-state index >= 15 is 0 Å². The normalized spacial score (nSPS) is 11.0. The van der Waals surface area contributed by atoms with Gasteiger partial charge in [0.15, 0.2) is 0 Å². The van der Waals surface area contributed by atoms with E-state index in [2.05, 4.69) is 66.5 Å². The van der Waals surface area contributed by atoms with E-state index in [1.807, 2.05) is 0 Å². The van der Waals surface area contributed by atoms with Crippen molar-refractivity contribution < 1.29 is 28.9 Å². The van der Waals surface area contributed by atoms with Crippen molar-refractivity contribution in [1.82, 2.24) is 0 Å². The van der Waals surface area contributed by atoms with Crippen molar-refractivity contribution in [3.63, 3.8) is 0 Å². The second kappa shape index (κ2) is 7.31. The Balaban J connectivity index is 0.000000309. The molecule has 0 atom stereocenters. The van der Waals surface area contributed by atoms with Gasteiger partial charge in [-0.25, -0.2) is 18.6 Å². The van der Waals surface area contributed by atoms with Crippen LogP contribution in [0.15, 0.2) is 59.5 Å². The van der Waals surface area contributed by atoms with E-state index in [-0.39, 0.29) is 0 Å². The predicted octanol–water partition coefficient (Wildman–Crippen LogP) is -0.603. The van der Waals surface area contributed by atoms with E-state index in [4.69, 9.17) is 18.6 Å². The Labute approximate surface area is 136 Å². The third-order valence-electron chi connectivity index (χ3n) is 3.08. The minimum absolute atomic E-state index is 0.460. The van der Waals surface area contributed by atoms with Crippen molar-refractivity contribution in [2.75, 3.05) is 0 Å². The van der Waals surface area contributed by atoms with Gasteiger partial charge in [0.2, 0.25) is 0 Å². The molecular formula is C16H13ClO4Se. The molecule has 2 aromatic carbocycles. The molecule has 114 valence electrons. The van der Waals surface area contributed by atoms with E-state index in [0.717, 1.165) is 0 Å². The molecule has 0 saturated carbocycles. The average molecular weight is 384 g/mol. The van der Waals surface area contributed by atoms with Crippen LogP contribution in [0, 0.1) is 17.2 Å². The van der Waals surface area contributed by atoms with Crippen molar-refractivity contribution in [3.8, 4) is 11.1 Å². The van der Waals surface area contributed by atoms with Crippen molar-refractivity contribution in [3.05, 3.63) is 65.1 Å². The van der Waals surface area contributed by atoms with Crippen molar-refractivity contribution in [2.45, 2.75) is 6.92 Å². The molecule has 0 saturated heterocycles. The number of halogens is 1. The number of hydrogen-bond acceptors (Lipinski definition) is 4. The Kier molecular flexibility index (Phi) is 5.67. The summed E-state index contributed by atoms with van der Waals surface area (Å²) in [6.07, 6.45) is 0. The molecular weight excluding hydrogens is 371 g/mol. The second-order valence-corrected chi connectivity index (χ2v) is 7.18. The van der Waals surface area contributed by atoms with Crippen molar-refractivity contribution in [1.29, 1.82) is 0 Å². The van der Waals surface area contributed by atoms with Crippen LogP contribution < -0.4 is 18.6 Å². The summed E-state index contributed by atoms with van der Waals surface area (Å²) < 4.78 is 35.5. The second-order valence-electron chi connectivity index (χ2n) is 4.51. The Hall–Kier alpha value is -1.30. The minimum Gasteiger partial charge on any atom is -0.222 e. The van der Waals surface area contributed by atoms with Gasteiger partial charge in [0.05, 0.1) is 0 Å². The molecule has 0 aliphatic carbocycles. The molecule has 1 aromatic heterocycles. The van der Waals surface area contributed by atoms with E-state index in [1.165, 1.54) is 26.3 Å². The molecule has 0 unspecified atom stereocenters. The van der Waals surface area contributed by atoms with E-state index < -0.39 is 10.2 Å². The monoisotopic (exact) mass is 384 g/mol. The average Bonchev–Trinajstić information content (AvgIpc) is 2.47. The molecule has 0 fully saturated rings. The third-order valence-corrected chi connectivity index (χ3v) is 5.11. The first-order valence-electron chi connectivity index (χ1n) is 6.33. The van der Waals surface area contributed by atoms with Gasteiger partial charge in [-0.2, -0.15) is 0 Å². The van der Waals surface area contributed by atoms with Crippen LogP contribution in [-0.2, 0) is 0 Å². The molecule has 4 nitrogen and oxygen atoms in total. The van der Waals surface area contributed by atoms with Crippen LogP contribution in [0.1, 0.15) is 5.56 Å². The van der Waals surface area contributed by atoms with E-state index in [0.29, 0.717) is 14.5 Å². The molecule has 22 heavy (non-hydrogen) atoms. The van der Waals surface area contributed by atoms with Crippen LogP contribution in [0.25, 0.3) is 20.8 Å². The zero-order valence-corrected chi connectivity index (χ0v) is 14.2. The molecule has 6 heteroatoms. The SMILES string of the molecule is Cc1c(-c2ccccc2)c[se+]c2ccccc12.[O-][Cl+3]([O-])([O-])[O-]. The van der Waals surface area contributed by atoms with Gasteiger partial charge >= 0.3 is 107 Å². The largest absolute Gasteiger partial charge is 0.222 e. The molecule has 1 heterocycles. The summed E-state index contributed by atoms with van der Waals surface area (Å²) >= 11 is 0.460. The topological polar surface area (TPSA) is 92.2 Å². The van der Waals surface area contributed by atoms with Crippen molar-refractivity contribution >= 4 is 24.1 Å². The first-order chi connectivity index (χ1) is 10.4. The Morgan fingerprint density at radius 2 is 1.36 bits per heavy atom. The van der Waals surface area contributed by atoms with Gasteiger partial charge < -0.3 is 0 Å². The Morgan fingerprint density at radius 1 is 0.818 bits per heavy atom. The number of benzene rings is 2. The molecule has 3 rings (SSSR count). The van der Waals surface area contributed by atoms with Crippen molar-refractivity contribution in [2.24, 2.45) is 0 Å². The first-order valence-corrected chi connectivity index (χ1v) is 9.41. The minimum atomic E-state index is -4.94. The zero-order valence-electron chi connectivity index (χ0n) is 11.7. The molecule has 0 bridgehead atoms. The van der Waals surface area contributed by atoms with Crippen LogP contribution in [0.4, 0.5) is 0 Å². The number of fused-ring (bicyclic) bond motifs is 1. The van der Waals surface area contributed by atoms with Gasteiger partial charge in [-0.05, 0) is 0 Å². The van der Waals surface area contributed by atoms with Crippen LogP contribution >= 0.6 is 0 Å². The van der Waals surface area contributed by atoms with Gasteiger partial charge in [0, 0.05) is 0 Å². The molecule has 0 spiro atoms. The molecule has 0 N–H and O–H groups in total. The predicted molar refractivity (Wildman–Crippen MR) is 75.5 cm³/mol. The summed E-state index contributed by atoms with van der Waals surface area (Å²) in [6, 6.07) is 19.4. The number of aryl methyl sites for hydroxylation is 1. The van der Waals surface area contributed by atoms with Gasteiger partial charge in [-0.15, -0.1) is 10.2 Å². The summed E-state index contributed by atoms with van der Waals surface area (Å²) in [5.41, 5.74) is 4.14. The molecule has 0 amide bonds. The zero-order chi connectivity index (χ0) is 16.2. The molecule has 0 aliphatic rings. The first kappa shape index (κ1) is 17.1. The van der Waals surface area contributed by atoms with Gasteiger partial charge in [0.1, 0.15) is 0 Å². The van der Waals surface area contributed by atoms with Gasteiger partial charge in [-0.1, -0.05) is 0 Å². The summed E-state index contributed by atoms with van der Waals surface area (Å²) in [7, 11) is -4.94. The molecule has 0 radical (unpaired) electrons. The van der Waals surface area contributed by atoms with Crippen LogP contribution in [0.5, 0.6) is 0 Å². The summed E-state index contributed by atoms with van der Waals surface area (Å²) in [4.78, 5) is 2.40. The fourth-order valence-electron chi connectivity index (χ4n) is 2.14. The van der Waals surface area contributed by atoms with Crippen LogP contribution in [0.3, 0.4) is 0 Å². The number of rotatable bonds is 1. The fraction of sp³-hybridized carbons (Fsp3) is 0.0625. The quantitative estimate of drug-likeness (QED) is 0.524. The molecule has 3 aromatic rings. The Bertz CT molecular complexity index is 751. The van der Waals surface area contributed by atoms with Gasteiger partial charge in [-0.3, -0.25) is 0 Å². The molecule has 0 aliphatic heterocycles. The van der Waals surface area contributed by atoms with E-state index in [9.17, 15) is 0 Å². The maximum Gasteiger partial charge on any atom is -0.112 e. The summed E-state index contributed by atoms with van der Waals surface area (Å²) in [5, 5.41) is 1.42. The summed E-state index contributed by atoms with van der Waals surface area (Å²) in [5.74, 6) is 0. The summed E-state index contributed by atoms with van der Waals surface area (Å²) in [6.45, 7) is 2.23.